The van der Waals surface area contributed by atoms with Crippen LogP contribution in [-0.2, 0) is 0 Å². The smallest absolute Gasteiger partial charge is 0.0361 e. The van der Waals surface area contributed by atoms with E-state index in [1.807, 2.05) is 22.7 Å². The van der Waals surface area contributed by atoms with Crippen LogP contribution in [0.25, 0.3) is 172 Å². The van der Waals surface area contributed by atoms with Crippen molar-refractivity contribution in [1.82, 2.24) is 0 Å². The van der Waals surface area contributed by atoms with Crippen molar-refractivity contribution in [2.45, 2.75) is 0 Å². The lowest BCUT2D eigenvalue weighted by Crippen LogP contribution is -1.91. The van der Waals surface area contributed by atoms with Crippen molar-refractivity contribution in [3.63, 3.8) is 0 Å². The normalized spacial score (nSPS) is 11.7. The van der Waals surface area contributed by atoms with Gasteiger partial charge < -0.3 is 0 Å². The summed E-state index contributed by atoms with van der Waals surface area (Å²) in [7, 11) is 0. The third-order valence-corrected chi connectivity index (χ3v) is 20.0. The molecular formula is C84H52S2. The molecule has 0 spiro atoms. The van der Waals surface area contributed by atoms with Gasteiger partial charge in [0.1, 0.15) is 0 Å². The van der Waals surface area contributed by atoms with Gasteiger partial charge >= 0.3 is 0 Å². The molecule has 18 aromatic rings. The molecule has 0 saturated heterocycles. The van der Waals surface area contributed by atoms with Crippen molar-refractivity contribution >= 4 is 128 Å². The minimum Gasteiger partial charge on any atom is -0.135 e. The van der Waals surface area contributed by atoms with E-state index in [4.69, 9.17) is 0 Å². The minimum atomic E-state index is 1.23. The lowest BCUT2D eigenvalue weighted by Gasteiger charge is -2.19. The molecule has 0 aliphatic carbocycles. The summed E-state index contributed by atoms with van der Waals surface area (Å²) in [5.74, 6) is 0. The number of rotatable bonds is 6. The molecule has 0 nitrogen and oxygen atoms in total. The van der Waals surface area contributed by atoms with Crippen LogP contribution in [-0.4, -0.2) is 0 Å². The van der Waals surface area contributed by atoms with Gasteiger partial charge in [0.05, 0.1) is 0 Å². The average molecular weight is 1130 g/mol. The second kappa shape index (κ2) is 20.7. The highest BCUT2D eigenvalue weighted by Crippen LogP contribution is 2.50. The van der Waals surface area contributed by atoms with Crippen LogP contribution in [0.4, 0.5) is 0 Å². The minimum absolute atomic E-state index is 1.23. The van der Waals surface area contributed by atoms with Crippen molar-refractivity contribution in [3.8, 4) is 66.8 Å². The maximum atomic E-state index is 2.37. The van der Waals surface area contributed by atoms with Crippen LogP contribution in [0.2, 0.25) is 0 Å². The number of fused-ring (bicyclic) bond motifs is 12. The molecule has 0 atom stereocenters. The lowest BCUT2D eigenvalue weighted by molar-refractivity contribution is 1.63. The van der Waals surface area contributed by atoms with Gasteiger partial charge in [-0.05, 0) is 174 Å². The van der Waals surface area contributed by atoms with E-state index in [-0.39, 0.29) is 0 Å². The molecule has 86 heavy (non-hydrogen) atoms. The van der Waals surface area contributed by atoms with Crippen LogP contribution in [0.15, 0.2) is 315 Å². The van der Waals surface area contributed by atoms with Gasteiger partial charge in [0.15, 0.2) is 0 Å². The molecule has 0 saturated carbocycles. The van der Waals surface area contributed by atoms with Crippen LogP contribution < -0.4 is 0 Å². The molecule has 18 rings (SSSR count). The van der Waals surface area contributed by atoms with Crippen molar-refractivity contribution in [2.75, 3.05) is 0 Å². The molecule has 2 aromatic heterocycles. The van der Waals surface area contributed by atoms with Gasteiger partial charge in [-0.2, -0.15) is 0 Å². The summed E-state index contributed by atoms with van der Waals surface area (Å²) in [6.07, 6.45) is 0. The van der Waals surface area contributed by atoms with Crippen molar-refractivity contribution in [2.24, 2.45) is 0 Å². The summed E-state index contributed by atoms with van der Waals surface area (Å²) >= 11 is 3.76. The maximum Gasteiger partial charge on any atom is 0.0361 e. The SMILES string of the molecule is c1cc(-c2ccc3ccccc3c2)cc(-c2c3ccccc3c(-c3cccc4sc5ccccc5c34)c3ccccc23)c1.c1ccc2cc(-c3ccc(-c4c5ccccc5c(-c5cccc6sc7ccccc7c56)c5ccccc45)cc3)ccc2c1. The van der Waals surface area contributed by atoms with E-state index in [0.29, 0.717) is 0 Å². The summed E-state index contributed by atoms with van der Waals surface area (Å²) in [6.45, 7) is 0. The van der Waals surface area contributed by atoms with Gasteiger partial charge in [-0.1, -0.05) is 273 Å². The fraction of sp³-hybridized carbons (Fsp3) is 0. The van der Waals surface area contributed by atoms with Gasteiger partial charge in [0.2, 0.25) is 0 Å². The number of hydrogen-bond acceptors (Lipinski definition) is 2. The summed E-state index contributed by atoms with van der Waals surface area (Å²) in [5.41, 5.74) is 15.2. The number of hydrogen-bond donors (Lipinski definition) is 0. The fourth-order valence-corrected chi connectivity index (χ4v) is 16.1. The van der Waals surface area contributed by atoms with E-state index in [9.17, 15) is 0 Å². The van der Waals surface area contributed by atoms with Crippen LogP contribution in [0.5, 0.6) is 0 Å². The molecule has 0 unspecified atom stereocenters. The first kappa shape index (κ1) is 50.1. The quantitative estimate of drug-likeness (QED) is 0.146. The van der Waals surface area contributed by atoms with E-state index >= 15 is 0 Å². The Morgan fingerprint density at radius 2 is 0.465 bits per heavy atom. The zero-order chi connectivity index (χ0) is 56.7. The van der Waals surface area contributed by atoms with E-state index in [1.165, 1.54) is 172 Å². The first-order valence-corrected chi connectivity index (χ1v) is 31.2. The third kappa shape index (κ3) is 8.32. The molecule has 0 radical (unpaired) electrons. The summed E-state index contributed by atoms with van der Waals surface area (Å²) in [6, 6.07) is 116. The zero-order valence-corrected chi connectivity index (χ0v) is 48.5. The Morgan fingerprint density at radius 1 is 0.163 bits per heavy atom. The highest BCUT2D eigenvalue weighted by Gasteiger charge is 2.22. The molecule has 0 fully saturated rings. The Bertz CT molecular complexity index is 5610. The highest BCUT2D eigenvalue weighted by molar-refractivity contribution is 7.26. The fourth-order valence-electron chi connectivity index (χ4n) is 13.8. The van der Waals surface area contributed by atoms with Crippen molar-refractivity contribution < 1.29 is 0 Å². The maximum absolute atomic E-state index is 2.37. The van der Waals surface area contributed by atoms with E-state index in [2.05, 4.69) is 315 Å². The molecule has 2 heterocycles. The van der Waals surface area contributed by atoms with Gasteiger partial charge in [-0.25, -0.2) is 0 Å². The first-order chi connectivity index (χ1) is 42.7. The zero-order valence-electron chi connectivity index (χ0n) is 46.8. The average Bonchev–Trinajstić information content (AvgIpc) is 1.22. The van der Waals surface area contributed by atoms with Crippen LogP contribution >= 0.6 is 22.7 Å². The number of thiophene rings is 2. The van der Waals surface area contributed by atoms with E-state index < -0.39 is 0 Å². The van der Waals surface area contributed by atoms with Gasteiger partial charge in [0, 0.05) is 40.3 Å². The Kier molecular flexibility index (Phi) is 12.0. The number of benzene rings is 16. The van der Waals surface area contributed by atoms with Crippen molar-refractivity contribution in [1.29, 1.82) is 0 Å². The van der Waals surface area contributed by atoms with Crippen LogP contribution in [0, 0.1) is 0 Å². The highest BCUT2D eigenvalue weighted by atomic mass is 32.1. The molecule has 0 N–H and O–H groups in total. The van der Waals surface area contributed by atoms with Gasteiger partial charge in [0.25, 0.3) is 0 Å². The molecule has 0 aliphatic rings. The van der Waals surface area contributed by atoms with Crippen molar-refractivity contribution in [3.05, 3.63) is 315 Å². The van der Waals surface area contributed by atoms with Crippen LogP contribution in [0.1, 0.15) is 0 Å². The monoisotopic (exact) mass is 1120 g/mol. The Balaban J connectivity index is 0.000000134. The van der Waals surface area contributed by atoms with Gasteiger partial charge in [-0.15, -0.1) is 22.7 Å². The predicted octanol–water partition coefficient (Wildman–Crippen LogP) is 25.0. The van der Waals surface area contributed by atoms with E-state index in [0.717, 1.165) is 0 Å². The van der Waals surface area contributed by atoms with E-state index in [1.54, 1.807) is 0 Å². The molecule has 400 valence electrons. The second-order valence-corrected chi connectivity index (χ2v) is 24.7. The lowest BCUT2D eigenvalue weighted by atomic mass is 9.84. The second-order valence-electron chi connectivity index (χ2n) is 22.5. The molecule has 16 aromatic carbocycles. The third-order valence-electron chi connectivity index (χ3n) is 17.7. The largest absolute Gasteiger partial charge is 0.135 e. The molecule has 0 bridgehead atoms. The standard InChI is InChI=1S/2C42H26S/c1-2-12-28-25-30(24-23-27(28)11-1)29-13-9-14-31(26-29)40-32-15-3-5-17-34(32)41(35-18-6-4-16-33(35)40)37-20-10-22-39-42(37)36-19-7-8-21-38(36)43-39;1-2-11-30-26-31(25-22-27(30)10-1)28-20-23-29(24-21-28)40-32-12-3-5-14-34(32)41(35-15-6-4-13-33(35)40)37-17-9-19-39-42(37)36-16-7-8-18-38(36)43-39/h2*1-26H. The van der Waals surface area contributed by atoms with Crippen LogP contribution in [0.3, 0.4) is 0 Å². The topological polar surface area (TPSA) is 0 Å². The summed E-state index contributed by atoms with van der Waals surface area (Å²) < 4.78 is 5.33. The predicted molar refractivity (Wildman–Crippen MR) is 376 cm³/mol. The molecule has 0 amide bonds. The Labute approximate surface area is 506 Å². The Morgan fingerprint density at radius 3 is 0.919 bits per heavy atom. The molecule has 0 aliphatic heterocycles. The first-order valence-electron chi connectivity index (χ1n) is 29.5. The van der Waals surface area contributed by atoms with Gasteiger partial charge in [-0.3, -0.25) is 0 Å². The molecular weight excluding hydrogens is 1070 g/mol. The summed E-state index contributed by atoms with van der Waals surface area (Å²) in [4.78, 5) is 0. The molecule has 2 heteroatoms. The summed E-state index contributed by atoms with van der Waals surface area (Å²) in [5, 5.41) is 20.7. The Hall–Kier alpha value is -10.5.